The van der Waals surface area contributed by atoms with Crippen LogP contribution in [-0.2, 0) is 18.3 Å². The van der Waals surface area contributed by atoms with E-state index in [4.69, 9.17) is 4.52 Å². The molecule has 4 rings (SSSR count). The minimum Gasteiger partial charge on any atom is -0.346 e. The maximum atomic E-state index is 12.4. The maximum Gasteiger partial charge on any atom is 0.227 e. The molecule has 7 nitrogen and oxygen atoms in total. The van der Waals surface area contributed by atoms with Gasteiger partial charge in [-0.25, -0.2) is 4.98 Å². The molecule has 1 aliphatic carbocycles. The lowest BCUT2D eigenvalue weighted by Gasteiger charge is -2.17. The summed E-state index contributed by atoms with van der Waals surface area (Å²) in [5.41, 5.74) is 0.899. The minimum atomic E-state index is -0.0237. The monoisotopic (exact) mass is 351 g/mol. The zero-order valence-corrected chi connectivity index (χ0v) is 14.6. The molecule has 7 heteroatoms. The molecule has 1 aromatic carbocycles. The summed E-state index contributed by atoms with van der Waals surface area (Å²) in [5.74, 6) is 2.38. The summed E-state index contributed by atoms with van der Waals surface area (Å²) in [7, 11) is 1.95. The number of imidazole rings is 1. The Morgan fingerprint density at radius 2 is 2.15 bits per heavy atom. The topological polar surface area (TPSA) is 85.8 Å². The Morgan fingerprint density at radius 3 is 2.85 bits per heavy atom. The molecule has 1 saturated carbocycles. The predicted octanol–water partition coefficient (Wildman–Crippen LogP) is 2.67. The molecule has 1 unspecified atom stereocenters. The number of nitrogens with one attached hydrogen (secondary N) is 1. The van der Waals surface area contributed by atoms with E-state index in [1.165, 1.54) is 0 Å². The second-order valence-corrected chi connectivity index (χ2v) is 6.66. The molecule has 0 aliphatic heterocycles. The number of hydrogen-bond donors (Lipinski definition) is 1. The van der Waals surface area contributed by atoms with Crippen LogP contribution in [0.4, 0.5) is 0 Å². The highest BCUT2D eigenvalue weighted by atomic mass is 16.5. The number of rotatable bonds is 7. The van der Waals surface area contributed by atoms with Crippen molar-refractivity contribution in [1.82, 2.24) is 25.0 Å². The van der Waals surface area contributed by atoms with Gasteiger partial charge in [-0.2, -0.15) is 4.98 Å². The standard InChI is InChI=1S/C19H21N5O2/c1-24-12-11-20-19(24)17(13-7-8-13)21-15(25)9-10-16-22-18(23-26-16)14-5-3-2-4-6-14/h2-6,11-13,17H,7-10H2,1H3,(H,21,25). The molecule has 0 spiro atoms. The first kappa shape index (κ1) is 16.5. The van der Waals surface area contributed by atoms with Crippen molar-refractivity contribution in [3.63, 3.8) is 0 Å². The summed E-state index contributed by atoms with van der Waals surface area (Å²) in [6.45, 7) is 0. The first-order valence-electron chi connectivity index (χ1n) is 8.85. The Hall–Kier alpha value is -2.96. The third kappa shape index (κ3) is 3.66. The number of hydrogen-bond acceptors (Lipinski definition) is 5. The lowest BCUT2D eigenvalue weighted by molar-refractivity contribution is -0.122. The molecule has 0 radical (unpaired) electrons. The molecule has 134 valence electrons. The van der Waals surface area contributed by atoms with Crippen molar-refractivity contribution in [2.24, 2.45) is 13.0 Å². The number of aromatic nitrogens is 4. The maximum absolute atomic E-state index is 12.4. The molecule has 1 atom stereocenters. The van der Waals surface area contributed by atoms with Crippen LogP contribution in [0.25, 0.3) is 11.4 Å². The van der Waals surface area contributed by atoms with Crippen molar-refractivity contribution in [3.8, 4) is 11.4 Å². The van der Waals surface area contributed by atoms with Gasteiger partial charge in [0.25, 0.3) is 0 Å². The number of nitrogens with zero attached hydrogens (tertiary/aromatic N) is 4. The second-order valence-electron chi connectivity index (χ2n) is 6.66. The lowest BCUT2D eigenvalue weighted by atomic mass is 10.1. The summed E-state index contributed by atoms with van der Waals surface area (Å²) in [6, 6.07) is 9.61. The predicted molar refractivity (Wildman–Crippen MR) is 94.9 cm³/mol. The van der Waals surface area contributed by atoms with Crippen molar-refractivity contribution < 1.29 is 9.32 Å². The van der Waals surface area contributed by atoms with E-state index in [9.17, 15) is 4.79 Å². The van der Waals surface area contributed by atoms with Crippen LogP contribution < -0.4 is 5.32 Å². The zero-order chi connectivity index (χ0) is 17.9. The summed E-state index contributed by atoms with van der Waals surface area (Å²) < 4.78 is 7.23. The fourth-order valence-electron chi connectivity index (χ4n) is 3.03. The molecule has 2 heterocycles. The van der Waals surface area contributed by atoms with Gasteiger partial charge in [-0.1, -0.05) is 35.5 Å². The van der Waals surface area contributed by atoms with Gasteiger partial charge in [-0.15, -0.1) is 0 Å². The minimum absolute atomic E-state index is 0.0231. The van der Waals surface area contributed by atoms with Gasteiger partial charge in [-0.3, -0.25) is 4.79 Å². The van der Waals surface area contributed by atoms with E-state index in [0.29, 0.717) is 30.5 Å². The highest BCUT2D eigenvalue weighted by molar-refractivity contribution is 5.76. The quantitative estimate of drug-likeness (QED) is 0.707. The van der Waals surface area contributed by atoms with Gasteiger partial charge >= 0.3 is 0 Å². The summed E-state index contributed by atoms with van der Waals surface area (Å²) >= 11 is 0. The highest BCUT2D eigenvalue weighted by Crippen LogP contribution is 2.40. The second kappa shape index (κ2) is 7.11. The Kier molecular flexibility index (Phi) is 4.51. The first-order chi connectivity index (χ1) is 12.7. The van der Waals surface area contributed by atoms with Gasteiger partial charge in [0.05, 0.1) is 6.04 Å². The SMILES string of the molecule is Cn1ccnc1C(NC(=O)CCc1nc(-c2ccccc2)no1)C1CC1. The third-order valence-corrected chi connectivity index (χ3v) is 4.61. The number of aryl methyl sites for hydroxylation is 2. The molecular formula is C19H21N5O2. The number of carbonyl (C=O) groups excluding carboxylic acids is 1. The lowest BCUT2D eigenvalue weighted by Crippen LogP contribution is -2.31. The van der Waals surface area contributed by atoms with Crippen LogP contribution in [0.5, 0.6) is 0 Å². The van der Waals surface area contributed by atoms with E-state index in [0.717, 1.165) is 24.2 Å². The molecule has 3 aromatic rings. The summed E-state index contributed by atoms with van der Waals surface area (Å²) in [5, 5.41) is 7.10. The largest absolute Gasteiger partial charge is 0.346 e. The van der Waals surface area contributed by atoms with Crippen LogP contribution in [0.2, 0.25) is 0 Å². The average molecular weight is 351 g/mol. The number of amides is 1. The summed E-state index contributed by atoms with van der Waals surface area (Å²) in [4.78, 5) is 21.2. The van der Waals surface area contributed by atoms with Crippen molar-refractivity contribution in [2.45, 2.75) is 31.7 Å². The highest BCUT2D eigenvalue weighted by Gasteiger charge is 2.35. The number of benzene rings is 1. The number of carbonyl (C=O) groups is 1. The molecule has 1 fully saturated rings. The molecule has 1 amide bonds. The van der Waals surface area contributed by atoms with Crippen molar-refractivity contribution in [2.75, 3.05) is 0 Å². The molecule has 0 saturated heterocycles. The van der Waals surface area contributed by atoms with E-state index in [2.05, 4.69) is 20.4 Å². The van der Waals surface area contributed by atoms with Gasteiger partial charge in [0.1, 0.15) is 5.82 Å². The third-order valence-electron chi connectivity index (χ3n) is 4.61. The normalized spacial score (nSPS) is 15.0. The zero-order valence-electron chi connectivity index (χ0n) is 14.6. The van der Waals surface area contributed by atoms with Crippen LogP contribution >= 0.6 is 0 Å². The Bertz CT molecular complexity index is 882. The van der Waals surface area contributed by atoms with Gasteiger partial charge in [0, 0.05) is 37.8 Å². The fraction of sp³-hybridized carbons (Fsp3) is 0.368. The van der Waals surface area contributed by atoms with Crippen LogP contribution in [-0.4, -0.2) is 25.6 Å². The van der Waals surface area contributed by atoms with E-state index < -0.39 is 0 Å². The Labute approximate surface area is 151 Å². The van der Waals surface area contributed by atoms with E-state index in [-0.39, 0.29) is 11.9 Å². The molecule has 1 N–H and O–H groups in total. The van der Waals surface area contributed by atoms with Gasteiger partial charge in [0.15, 0.2) is 0 Å². The van der Waals surface area contributed by atoms with Crippen LogP contribution in [0, 0.1) is 5.92 Å². The molecule has 2 aromatic heterocycles. The molecule has 1 aliphatic rings. The van der Waals surface area contributed by atoms with Gasteiger partial charge in [-0.05, 0) is 18.8 Å². The van der Waals surface area contributed by atoms with Crippen molar-refractivity contribution >= 4 is 5.91 Å². The van der Waals surface area contributed by atoms with Crippen LogP contribution in [0.1, 0.15) is 37.0 Å². The van der Waals surface area contributed by atoms with E-state index in [1.54, 1.807) is 6.20 Å². The van der Waals surface area contributed by atoms with Gasteiger partial charge < -0.3 is 14.4 Å². The van der Waals surface area contributed by atoms with E-state index in [1.807, 2.05) is 48.1 Å². The van der Waals surface area contributed by atoms with Crippen LogP contribution in [0.3, 0.4) is 0 Å². The Morgan fingerprint density at radius 1 is 1.35 bits per heavy atom. The van der Waals surface area contributed by atoms with Crippen molar-refractivity contribution in [1.29, 1.82) is 0 Å². The van der Waals surface area contributed by atoms with E-state index >= 15 is 0 Å². The Balaban J connectivity index is 1.35. The summed E-state index contributed by atoms with van der Waals surface area (Å²) in [6.07, 6.45) is 6.65. The van der Waals surface area contributed by atoms with Gasteiger partial charge in [0.2, 0.25) is 17.6 Å². The molecular weight excluding hydrogens is 330 g/mol. The average Bonchev–Trinajstić information content (AvgIpc) is 3.24. The molecule has 0 bridgehead atoms. The first-order valence-corrected chi connectivity index (χ1v) is 8.85. The van der Waals surface area contributed by atoms with Crippen molar-refractivity contribution in [3.05, 3.63) is 54.4 Å². The smallest absolute Gasteiger partial charge is 0.227 e. The fourth-order valence-corrected chi connectivity index (χ4v) is 3.03. The molecule has 26 heavy (non-hydrogen) atoms. The van der Waals surface area contributed by atoms with Crippen LogP contribution in [0.15, 0.2) is 47.2 Å².